The summed E-state index contributed by atoms with van der Waals surface area (Å²) in [6.45, 7) is 0. The van der Waals surface area contributed by atoms with Gasteiger partial charge in [0.05, 0.1) is 21.5 Å². The van der Waals surface area contributed by atoms with Crippen LogP contribution in [0.15, 0.2) is 12.1 Å². The number of non-ortho nitro benzene ring substituents is 1. The van der Waals surface area contributed by atoms with E-state index >= 15 is 0 Å². The number of nitrogens with one attached hydrogen (secondary N) is 1. The van der Waals surface area contributed by atoms with Crippen molar-refractivity contribution in [3.63, 3.8) is 0 Å². The lowest BCUT2D eigenvalue weighted by Crippen LogP contribution is -2.36. The third-order valence-corrected chi connectivity index (χ3v) is 4.03. The Morgan fingerprint density at radius 1 is 1.14 bits per heavy atom. The Morgan fingerprint density at radius 2 is 1.77 bits per heavy atom. The Bertz CT molecular complexity index is 628. The largest absolute Gasteiger partial charge is 0.349 e. The van der Waals surface area contributed by atoms with Gasteiger partial charge in [-0.05, 0) is 12.8 Å². The molecule has 1 aromatic carbocycles. The molecule has 2 rings (SSSR count). The maximum atomic E-state index is 12.2. The molecule has 1 aromatic rings. The van der Waals surface area contributed by atoms with E-state index in [0.717, 1.165) is 44.2 Å². The van der Waals surface area contributed by atoms with Crippen LogP contribution in [0.5, 0.6) is 0 Å². The number of halogens is 1. The van der Waals surface area contributed by atoms with Gasteiger partial charge in [-0.15, -0.1) is 0 Å². The molecule has 1 aliphatic carbocycles. The number of nitro benzene ring substituents is 2. The molecule has 0 aliphatic heterocycles. The van der Waals surface area contributed by atoms with Crippen LogP contribution in [0.25, 0.3) is 0 Å². The Morgan fingerprint density at radius 3 is 2.32 bits per heavy atom. The zero-order valence-corrected chi connectivity index (χ0v) is 12.3. The van der Waals surface area contributed by atoms with Crippen LogP contribution >= 0.6 is 11.6 Å². The van der Waals surface area contributed by atoms with E-state index in [1.165, 1.54) is 0 Å². The molecule has 0 spiro atoms. The second-order valence-corrected chi connectivity index (χ2v) is 5.53. The lowest BCUT2D eigenvalue weighted by molar-refractivity contribution is -0.394. The highest BCUT2D eigenvalue weighted by Gasteiger charge is 2.27. The van der Waals surface area contributed by atoms with E-state index in [0.29, 0.717) is 0 Å². The first-order valence-corrected chi connectivity index (χ1v) is 7.21. The number of benzene rings is 1. The highest BCUT2D eigenvalue weighted by Crippen LogP contribution is 2.33. The van der Waals surface area contributed by atoms with E-state index < -0.39 is 27.1 Å². The van der Waals surface area contributed by atoms with Gasteiger partial charge in [0, 0.05) is 12.1 Å². The van der Waals surface area contributed by atoms with Gasteiger partial charge in [0.25, 0.3) is 17.3 Å². The van der Waals surface area contributed by atoms with Crippen LogP contribution in [0.3, 0.4) is 0 Å². The lowest BCUT2D eigenvalue weighted by atomic mass is 9.95. The number of rotatable bonds is 4. The first kappa shape index (κ1) is 16.2. The van der Waals surface area contributed by atoms with E-state index in [4.69, 9.17) is 11.6 Å². The molecule has 1 aliphatic rings. The van der Waals surface area contributed by atoms with Gasteiger partial charge in [0.2, 0.25) is 0 Å². The van der Waals surface area contributed by atoms with Crippen molar-refractivity contribution in [3.8, 4) is 0 Å². The van der Waals surface area contributed by atoms with E-state index in [1.54, 1.807) is 0 Å². The summed E-state index contributed by atoms with van der Waals surface area (Å²) >= 11 is 5.87. The number of carbonyl (C=O) groups is 1. The van der Waals surface area contributed by atoms with E-state index in [-0.39, 0.29) is 16.6 Å². The Hall–Kier alpha value is -2.22. The summed E-state index contributed by atoms with van der Waals surface area (Å²) in [4.78, 5) is 32.4. The zero-order chi connectivity index (χ0) is 16.3. The first-order valence-electron chi connectivity index (χ1n) is 6.83. The van der Waals surface area contributed by atoms with E-state index in [9.17, 15) is 25.0 Å². The third kappa shape index (κ3) is 3.51. The molecule has 1 N–H and O–H groups in total. The molecule has 1 amide bonds. The molecular weight excluding hydrogens is 314 g/mol. The summed E-state index contributed by atoms with van der Waals surface area (Å²) < 4.78 is 0. The van der Waals surface area contributed by atoms with Gasteiger partial charge in [-0.2, -0.15) is 0 Å². The molecule has 8 nitrogen and oxygen atoms in total. The van der Waals surface area contributed by atoms with Gasteiger partial charge in [-0.25, -0.2) is 0 Å². The van der Waals surface area contributed by atoms with Crippen molar-refractivity contribution in [2.24, 2.45) is 0 Å². The van der Waals surface area contributed by atoms with Crippen molar-refractivity contribution in [1.29, 1.82) is 0 Å². The second kappa shape index (κ2) is 6.69. The van der Waals surface area contributed by atoms with Gasteiger partial charge >= 0.3 is 0 Å². The Balaban J connectivity index is 2.33. The highest BCUT2D eigenvalue weighted by atomic mass is 35.5. The minimum atomic E-state index is -0.841. The predicted molar refractivity (Wildman–Crippen MR) is 79.1 cm³/mol. The minimum Gasteiger partial charge on any atom is -0.349 e. The first-order chi connectivity index (χ1) is 10.4. The second-order valence-electron chi connectivity index (χ2n) is 5.15. The topological polar surface area (TPSA) is 115 Å². The summed E-state index contributed by atoms with van der Waals surface area (Å²) in [6, 6.07) is 1.68. The molecule has 0 saturated heterocycles. The van der Waals surface area contributed by atoms with Gasteiger partial charge < -0.3 is 5.32 Å². The molecule has 22 heavy (non-hydrogen) atoms. The van der Waals surface area contributed by atoms with Crippen molar-refractivity contribution in [2.45, 2.75) is 38.1 Å². The number of hydrogen-bond acceptors (Lipinski definition) is 5. The molecule has 9 heteroatoms. The summed E-state index contributed by atoms with van der Waals surface area (Å²) in [7, 11) is 0. The van der Waals surface area contributed by atoms with Crippen LogP contribution in [0.4, 0.5) is 11.4 Å². The maximum Gasteiger partial charge on any atom is 0.295 e. The molecule has 0 unspecified atom stereocenters. The average molecular weight is 328 g/mol. The van der Waals surface area contributed by atoms with Crippen molar-refractivity contribution in [3.05, 3.63) is 42.9 Å². The van der Waals surface area contributed by atoms with Gasteiger partial charge in [-0.3, -0.25) is 25.0 Å². The SMILES string of the molecule is O=C(NC1CCCCC1)c1cc([N+](=O)[O-])cc([N+](=O)[O-])c1Cl. The average Bonchev–Trinajstić information content (AvgIpc) is 2.47. The van der Waals surface area contributed by atoms with Crippen molar-refractivity contribution >= 4 is 28.9 Å². The molecule has 0 bridgehead atoms. The minimum absolute atomic E-state index is 0.0318. The molecular formula is C13H14ClN3O5. The van der Waals surface area contributed by atoms with E-state index in [2.05, 4.69) is 5.32 Å². The molecule has 118 valence electrons. The normalized spacial score (nSPS) is 15.3. The fraction of sp³-hybridized carbons (Fsp3) is 0.462. The quantitative estimate of drug-likeness (QED) is 0.673. The van der Waals surface area contributed by atoms with Crippen molar-refractivity contribution < 1.29 is 14.6 Å². The Kier molecular flexibility index (Phi) is 4.92. The van der Waals surface area contributed by atoms with Crippen molar-refractivity contribution in [2.75, 3.05) is 0 Å². The maximum absolute atomic E-state index is 12.2. The summed E-state index contributed by atoms with van der Waals surface area (Å²) in [5, 5.41) is 24.1. The number of amides is 1. The van der Waals surface area contributed by atoms with Crippen LogP contribution in [0.1, 0.15) is 42.5 Å². The number of carbonyl (C=O) groups excluding carboxylic acids is 1. The molecule has 0 atom stereocenters. The van der Waals surface area contributed by atoms with Crippen LogP contribution in [0.2, 0.25) is 5.02 Å². The third-order valence-electron chi connectivity index (χ3n) is 3.63. The summed E-state index contributed by atoms with van der Waals surface area (Å²) in [5.41, 5.74) is -1.43. The van der Waals surface area contributed by atoms with E-state index in [1.807, 2.05) is 0 Å². The molecule has 1 fully saturated rings. The smallest absolute Gasteiger partial charge is 0.295 e. The van der Waals surface area contributed by atoms with Gasteiger partial charge in [0.15, 0.2) is 0 Å². The Labute approximate surface area is 130 Å². The van der Waals surface area contributed by atoms with Gasteiger partial charge in [0.1, 0.15) is 5.02 Å². The number of nitrogens with zero attached hydrogens (tertiary/aromatic N) is 2. The van der Waals surface area contributed by atoms with Crippen molar-refractivity contribution in [1.82, 2.24) is 5.32 Å². The van der Waals surface area contributed by atoms with Crippen LogP contribution in [-0.4, -0.2) is 21.8 Å². The fourth-order valence-corrected chi connectivity index (χ4v) is 2.77. The van der Waals surface area contributed by atoms with Crippen LogP contribution < -0.4 is 5.32 Å². The molecule has 1 saturated carbocycles. The highest BCUT2D eigenvalue weighted by molar-refractivity contribution is 6.36. The number of nitro groups is 2. The van der Waals surface area contributed by atoms with Crippen LogP contribution in [-0.2, 0) is 0 Å². The number of hydrogen-bond donors (Lipinski definition) is 1. The summed E-state index contributed by atoms with van der Waals surface area (Å²) in [5.74, 6) is -0.622. The molecule has 0 radical (unpaired) electrons. The monoisotopic (exact) mass is 327 g/mol. The van der Waals surface area contributed by atoms with Crippen LogP contribution in [0, 0.1) is 20.2 Å². The molecule has 0 heterocycles. The van der Waals surface area contributed by atoms with Gasteiger partial charge in [-0.1, -0.05) is 30.9 Å². The fourth-order valence-electron chi connectivity index (χ4n) is 2.51. The predicted octanol–water partition coefficient (Wildman–Crippen LogP) is 3.22. The standard InChI is InChI=1S/C13H14ClN3O5/c14-12-10(13(18)15-8-4-2-1-3-5-8)6-9(16(19)20)7-11(12)17(21)22/h6-8H,1-5H2,(H,15,18). The lowest BCUT2D eigenvalue weighted by Gasteiger charge is -2.22. The molecule has 0 aromatic heterocycles. The zero-order valence-electron chi connectivity index (χ0n) is 11.6. The summed E-state index contributed by atoms with van der Waals surface area (Å²) in [6.07, 6.45) is 4.73.